The van der Waals surface area contributed by atoms with Crippen molar-refractivity contribution in [1.29, 1.82) is 0 Å². The summed E-state index contributed by atoms with van der Waals surface area (Å²) in [6, 6.07) is 2.99. The minimum Gasteiger partial charge on any atom is -0.482 e. The zero-order chi connectivity index (χ0) is 16.2. The highest BCUT2D eigenvalue weighted by molar-refractivity contribution is 5.92. The number of benzene rings is 1. The van der Waals surface area contributed by atoms with E-state index >= 15 is 0 Å². The van der Waals surface area contributed by atoms with Crippen molar-refractivity contribution >= 4 is 11.6 Å². The highest BCUT2D eigenvalue weighted by Gasteiger charge is 2.29. The summed E-state index contributed by atoms with van der Waals surface area (Å²) in [6.07, 6.45) is -3.02. The Kier molecular flexibility index (Phi) is 5.23. The summed E-state index contributed by atoms with van der Waals surface area (Å²) >= 11 is 0. The van der Waals surface area contributed by atoms with E-state index in [1.165, 1.54) is 0 Å². The smallest absolute Gasteiger partial charge is 0.422 e. The molecule has 1 saturated heterocycles. The van der Waals surface area contributed by atoms with Gasteiger partial charge < -0.3 is 14.8 Å². The van der Waals surface area contributed by atoms with Crippen LogP contribution in [0.5, 0.6) is 5.75 Å². The van der Waals surface area contributed by atoms with E-state index in [2.05, 4.69) is 10.1 Å². The molecule has 0 bridgehead atoms. The van der Waals surface area contributed by atoms with Crippen LogP contribution in [0, 0.1) is 5.82 Å². The van der Waals surface area contributed by atoms with Gasteiger partial charge in [0.15, 0.2) is 6.61 Å². The number of hydrogen-bond donors (Lipinski definition) is 1. The van der Waals surface area contributed by atoms with Crippen LogP contribution in [-0.4, -0.2) is 31.4 Å². The standard InChI is InChI=1S/C14H15F4NO3/c15-9-3-4-11(12(6-9)22-8-14(16,17)18)19-13(20)7-10-2-1-5-21-10/h3-4,6,10H,1-2,5,7-8H2,(H,19,20)/t10-/m0/s1. The second kappa shape index (κ2) is 6.95. The number of ether oxygens (including phenoxy) is 2. The predicted octanol–water partition coefficient (Wildman–Crippen LogP) is 3.27. The van der Waals surface area contributed by atoms with Gasteiger partial charge in [0.25, 0.3) is 0 Å². The molecule has 122 valence electrons. The lowest BCUT2D eigenvalue weighted by molar-refractivity contribution is -0.153. The molecular weight excluding hydrogens is 306 g/mol. The minimum atomic E-state index is -4.55. The minimum absolute atomic E-state index is 0.00588. The summed E-state index contributed by atoms with van der Waals surface area (Å²) in [6.45, 7) is -0.973. The average molecular weight is 321 g/mol. The zero-order valence-corrected chi connectivity index (χ0v) is 11.6. The molecule has 8 heteroatoms. The summed E-state index contributed by atoms with van der Waals surface area (Å²) in [5.41, 5.74) is -0.00588. The molecule has 1 aliphatic heterocycles. The maximum absolute atomic E-state index is 13.1. The number of carbonyl (C=O) groups excluding carboxylic acids is 1. The van der Waals surface area contributed by atoms with E-state index in [4.69, 9.17) is 4.74 Å². The molecular formula is C14H15F4NO3. The van der Waals surface area contributed by atoms with Crippen molar-refractivity contribution < 1.29 is 31.8 Å². The molecule has 0 aromatic heterocycles. The van der Waals surface area contributed by atoms with Crippen LogP contribution in [0.15, 0.2) is 18.2 Å². The van der Waals surface area contributed by atoms with Crippen molar-refractivity contribution in [2.45, 2.75) is 31.5 Å². The lowest BCUT2D eigenvalue weighted by atomic mass is 10.1. The van der Waals surface area contributed by atoms with Crippen molar-refractivity contribution in [1.82, 2.24) is 0 Å². The molecule has 1 fully saturated rings. The van der Waals surface area contributed by atoms with Gasteiger partial charge in [0.1, 0.15) is 11.6 Å². The fourth-order valence-corrected chi connectivity index (χ4v) is 2.09. The molecule has 1 aliphatic rings. The van der Waals surface area contributed by atoms with Crippen LogP contribution in [0.2, 0.25) is 0 Å². The van der Waals surface area contributed by atoms with E-state index in [0.29, 0.717) is 6.61 Å². The SMILES string of the molecule is O=C(C[C@@H]1CCCO1)Nc1ccc(F)cc1OCC(F)(F)F. The van der Waals surface area contributed by atoms with Gasteiger partial charge >= 0.3 is 6.18 Å². The highest BCUT2D eigenvalue weighted by atomic mass is 19.4. The van der Waals surface area contributed by atoms with Crippen molar-refractivity contribution in [3.63, 3.8) is 0 Å². The van der Waals surface area contributed by atoms with E-state index in [9.17, 15) is 22.4 Å². The molecule has 0 aliphatic carbocycles. The van der Waals surface area contributed by atoms with Gasteiger partial charge in [0.05, 0.1) is 18.2 Å². The lowest BCUT2D eigenvalue weighted by Gasteiger charge is -2.15. The van der Waals surface area contributed by atoms with E-state index in [1.54, 1.807) is 0 Å². The van der Waals surface area contributed by atoms with Gasteiger partial charge in [-0.25, -0.2) is 4.39 Å². The number of nitrogens with one attached hydrogen (secondary N) is 1. The third-order valence-corrected chi connectivity index (χ3v) is 3.05. The second-order valence-electron chi connectivity index (χ2n) is 4.93. The van der Waals surface area contributed by atoms with Gasteiger partial charge in [-0.3, -0.25) is 4.79 Å². The lowest BCUT2D eigenvalue weighted by Crippen LogP contribution is -2.22. The molecule has 1 atom stereocenters. The van der Waals surface area contributed by atoms with Gasteiger partial charge in [-0.15, -0.1) is 0 Å². The summed E-state index contributed by atoms with van der Waals surface area (Å²) in [5.74, 6) is -1.54. The molecule has 2 rings (SSSR count). The number of anilines is 1. The summed E-state index contributed by atoms with van der Waals surface area (Å²) in [5, 5.41) is 2.42. The van der Waals surface area contributed by atoms with E-state index < -0.39 is 24.5 Å². The Morgan fingerprint density at radius 1 is 1.41 bits per heavy atom. The normalized spacial score (nSPS) is 18.3. The number of halogens is 4. The maximum Gasteiger partial charge on any atom is 0.422 e. The molecule has 0 radical (unpaired) electrons. The van der Waals surface area contributed by atoms with Gasteiger partial charge in [-0.1, -0.05) is 0 Å². The maximum atomic E-state index is 13.1. The van der Waals surface area contributed by atoms with Gasteiger partial charge in [-0.05, 0) is 25.0 Å². The Hall–Kier alpha value is -1.83. The van der Waals surface area contributed by atoms with E-state index in [0.717, 1.165) is 31.0 Å². The fourth-order valence-electron chi connectivity index (χ4n) is 2.09. The summed E-state index contributed by atoms with van der Waals surface area (Å²) in [7, 11) is 0. The quantitative estimate of drug-likeness (QED) is 0.847. The topological polar surface area (TPSA) is 47.6 Å². The predicted molar refractivity (Wildman–Crippen MR) is 70.2 cm³/mol. The number of hydrogen-bond acceptors (Lipinski definition) is 3. The third kappa shape index (κ3) is 5.18. The van der Waals surface area contributed by atoms with Crippen molar-refractivity contribution in [2.75, 3.05) is 18.5 Å². The second-order valence-corrected chi connectivity index (χ2v) is 4.93. The first-order chi connectivity index (χ1) is 10.3. The Morgan fingerprint density at radius 2 is 2.18 bits per heavy atom. The Morgan fingerprint density at radius 3 is 2.82 bits per heavy atom. The summed E-state index contributed by atoms with van der Waals surface area (Å²) < 4.78 is 59.5. The molecule has 1 N–H and O–H groups in total. The molecule has 0 saturated carbocycles. The van der Waals surface area contributed by atoms with Gasteiger partial charge in [-0.2, -0.15) is 13.2 Å². The van der Waals surface area contributed by atoms with Crippen molar-refractivity contribution in [2.24, 2.45) is 0 Å². The Labute approximate surface area is 124 Å². The van der Waals surface area contributed by atoms with Crippen LogP contribution < -0.4 is 10.1 Å². The molecule has 4 nitrogen and oxygen atoms in total. The highest BCUT2D eigenvalue weighted by Crippen LogP contribution is 2.28. The first-order valence-corrected chi connectivity index (χ1v) is 6.74. The van der Waals surface area contributed by atoms with Crippen molar-refractivity contribution in [3.05, 3.63) is 24.0 Å². The first kappa shape index (κ1) is 16.5. The van der Waals surface area contributed by atoms with Crippen LogP contribution in [0.3, 0.4) is 0 Å². The molecule has 0 unspecified atom stereocenters. The van der Waals surface area contributed by atoms with Crippen LogP contribution in [0.25, 0.3) is 0 Å². The number of alkyl halides is 3. The molecule has 1 aromatic rings. The zero-order valence-electron chi connectivity index (χ0n) is 11.6. The molecule has 1 amide bonds. The van der Waals surface area contributed by atoms with Gasteiger partial charge in [0.2, 0.25) is 5.91 Å². The number of amides is 1. The largest absolute Gasteiger partial charge is 0.482 e. The van der Waals surface area contributed by atoms with E-state index in [1.807, 2.05) is 0 Å². The molecule has 0 spiro atoms. The van der Waals surface area contributed by atoms with Gasteiger partial charge in [0, 0.05) is 12.7 Å². The van der Waals surface area contributed by atoms with E-state index in [-0.39, 0.29) is 24.0 Å². The summed E-state index contributed by atoms with van der Waals surface area (Å²) in [4.78, 5) is 11.8. The van der Waals surface area contributed by atoms with Crippen LogP contribution in [0.4, 0.5) is 23.2 Å². The Bertz CT molecular complexity index is 527. The third-order valence-electron chi connectivity index (χ3n) is 3.05. The Balaban J connectivity index is 2.00. The fraction of sp³-hybridized carbons (Fsp3) is 0.500. The monoisotopic (exact) mass is 321 g/mol. The first-order valence-electron chi connectivity index (χ1n) is 6.74. The molecule has 22 heavy (non-hydrogen) atoms. The number of carbonyl (C=O) groups is 1. The van der Waals surface area contributed by atoms with Crippen LogP contribution >= 0.6 is 0 Å². The molecule has 1 heterocycles. The van der Waals surface area contributed by atoms with Crippen molar-refractivity contribution in [3.8, 4) is 5.75 Å². The van der Waals surface area contributed by atoms with Crippen LogP contribution in [-0.2, 0) is 9.53 Å². The average Bonchev–Trinajstić information content (AvgIpc) is 2.91. The molecule has 1 aromatic carbocycles. The number of rotatable bonds is 5. The van der Waals surface area contributed by atoms with Crippen LogP contribution in [0.1, 0.15) is 19.3 Å².